The molecule has 1 aliphatic rings. The number of hydrogen-bond donors (Lipinski definition) is 2. The Bertz CT molecular complexity index is 1270. The number of benzene rings is 1. The van der Waals surface area contributed by atoms with Crippen LogP contribution in [0.4, 0.5) is 0 Å². The molecule has 1 fully saturated rings. The number of fused-ring (bicyclic) bond motifs is 1. The van der Waals surface area contributed by atoms with E-state index in [1.54, 1.807) is 17.3 Å². The number of H-pyrrole nitrogens is 1. The first-order valence-corrected chi connectivity index (χ1v) is 11.3. The van der Waals surface area contributed by atoms with E-state index in [1.165, 1.54) is 6.92 Å². The Labute approximate surface area is 197 Å². The molecule has 1 aliphatic heterocycles. The lowest BCUT2D eigenvalue weighted by Crippen LogP contribution is -2.50. The highest BCUT2D eigenvalue weighted by Crippen LogP contribution is 2.26. The summed E-state index contributed by atoms with van der Waals surface area (Å²) in [7, 11) is 0. The monoisotopic (exact) mass is 458 g/mol. The van der Waals surface area contributed by atoms with Crippen LogP contribution in [0.15, 0.2) is 60.9 Å². The lowest BCUT2D eigenvalue weighted by atomic mass is 10.2. The number of aromatic amines is 1. The summed E-state index contributed by atoms with van der Waals surface area (Å²) in [5.74, 6) is 1.01. The van der Waals surface area contributed by atoms with E-state index in [9.17, 15) is 9.90 Å². The molecule has 1 amide bonds. The van der Waals surface area contributed by atoms with E-state index < -0.39 is 6.10 Å². The van der Waals surface area contributed by atoms with Crippen molar-refractivity contribution in [2.75, 3.05) is 26.2 Å². The van der Waals surface area contributed by atoms with Crippen molar-refractivity contribution < 1.29 is 14.6 Å². The maximum atomic E-state index is 11.9. The third-order valence-electron chi connectivity index (χ3n) is 5.92. The van der Waals surface area contributed by atoms with Gasteiger partial charge in [0.2, 0.25) is 5.88 Å². The summed E-state index contributed by atoms with van der Waals surface area (Å²) >= 11 is 0. The average molecular weight is 459 g/mol. The standard InChI is InChI=1S/C25H26N6O3/c1-17(32)25(33)31-12-10-30(11-13-31)16-20-4-2-18-14-21(5-6-22(18)28-20)34-24-7-3-19(15-26-24)23-8-9-27-29-23/h2-9,14-15,17,32H,10-13,16H2,1H3,(H,27,29). The van der Waals surface area contributed by atoms with Crippen LogP contribution in [0.1, 0.15) is 12.6 Å². The van der Waals surface area contributed by atoms with Crippen molar-refractivity contribution in [2.45, 2.75) is 19.6 Å². The molecule has 1 unspecified atom stereocenters. The molecule has 1 aromatic carbocycles. The minimum atomic E-state index is -0.945. The number of nitrogens with zero attached hydrogens (tertiary/aromatic N) is 5. The van der Waals surface area contributed by atoms with Crippen LogP contribution in [0.5, 0.6) is 11.6 Å². The van der Waals surface area contributed by atoms with E-state index in [1.807, 2.05) is 48.5 Å². The second-order valence-electron chi connectivity index (χ2n) is 8.39. The number of pyridine rings is 2. The molecule has 5 rings (SSSR count). The van der Waals surface area contributed by atoms with Crippen LogP contribution in [0.3, 0.4) is 0 Å². The number of aliphatic hydroxyl groups is 1. The number of hydrogen-bond acceptors (Lipinski definition) is 7. The van der Waals surface area contributed by atoms with Crippen LogP contribution in [-0.2, 0) is 11.3 Å². The minimum Gasteiger partial charge on any atom is -0.439 e. The van der Waals surface area contributed by atoms with Crippen molar-refractivity contribution in [1.29, 1.82) is 0 Å². The highest BCUT2D eigenvalue weighted by molar-refractivity contribution is 5.81. The lowest BCUT2D eigenvalue weighted by Gasteiger charge is -2.35. The molecule has 4 aromatic rings. The zero-order valence-corrected chi connectivity index (χ0v) is 18.9. The fourth-order valence-electron chi connectivity index (χ4n) is 4.05. The highest BCUT2D eigenvalue weighted by Gasteiger charge is 2.23. The van der Waals surface area contributed by atoms with Crippen LogP contribution in [0, 0.1) is 0 Å². The number of amides is 1. The number of nitrogens with one attached hydrogen (secondary N) is 1. The van der Waals surface area contributed by atoms with Crippen molar-refractivity contribution in [1.82, 2.24) is 30.0 Å². The van der Waals surface area contributed by atoms with Crippen LogP contribution < -0.4 is 4.74 Å². The second kappa shape index (κ2) is 9.58. The van der Waals surface area contributed by atoms with Crippen molar-refractivity contribution >= 4 is 16.8 Å². The summed E-state index contributed by atoms with van der Waals surface area (Å²) in [4.78, 5) is 25.1. The molecule has 9 heteroatoms. The van der Waals surface area contributed by atoms with Crippen LogP contribution >= 0.6 is 0 Å². The Morgan fingerprint density at radius 1 is 1.12 bits per heavy atom. The number of ether oxygens (including phenoxy) is 1. The smallest absolute Gasteiger partial charge is 0.251 e. The molecule has 0 saturated carbocycles. The molecule has 0 radical (unpaired) electrons. The Hall–Kier alpha value is -3.82. The third-order valence-corrected chi connectivity index (χ3v) is 5.92. The first-order valence-electron chi connectivity index (χ1n) is 11.3. The zero-order chi connectivity index (χ0) is 23.5. The first-order chi connectivity index (χ1) is 16.5. The first kappa shape index (κ1) is 22.0. The van der Waals surface area contributed by atoms with E-state index in [4.69, 9.17) is 9.72 Å². The Balaban J connectivity index is 1.21. The van der Waals surface area contributed by atoms with Crippen LogP contribution in [0.25, 0.3) is 22.2 Å². The maximum absolute atomic E-state index is 11.9. The van der Waals surface area contributed by atoms with Gasteiger partial charge in [0.25, 0.3) is 5.91 Å². The van der Waals surface area contributed by atoms with Crippen molar-refractivity contribution in [2.24, 2.45) is 0 Å². The molecule has 0 spiro atoms. The summed E-state index contributed by atoms with van der Waals surface area (Å²) in [6, 6.07) is 15.5. The number of carbonyl (C=O) groups is 1. The minimum absolute atomic E-state index is 0.203. The Morgan fingerprint density at radius 2 is 1.97 bits per heavy atom. The molecule has 34 heavy (non-hydrogen) atoms. The third kappa shape index (κ3) is 4.90. The molecule has 1 saturated heterocycles. The second-order valence-corrected chi connectivity index (χ2v) is 8.39. The number of piperazine rings is 1. The molecule has 0 bridgehead atoms. The lowest BCUT2D eigenvalue weighted by molar-refractivity contribution is -0.141. The molecule has 2 N–H and O–H groups in total. The molecular formula is C25H26N6O3. The molecule has 174 valence electrons. The van der Waals surface area contributed by atoms with Crippen molar-refractivity contribution in [3.8, 4) is 22.9 Å². The van der Waals surface area contributed by atoms with Gasteiger partial charge in [-0.15, -0.1) is 0 Å². The molecular weight excluding hydrogens is 432 g/mol. The summed E-state index contributed by atoms with van der Waals surface area (Å²) in [6.45, 7) is 4.99. The van der Waals surface area contributed by atoms with Crippen LogP contribution in [-0.4, -0.2) is 73.3 Å². The van der Waals surface area contributed by atoms with E-state index in [0.717, 1.165) is 47.5 Å². The van der Waals surface area contributed by atoms with Crippen molar-refractivity contribution in [3.05, 3.63) is 66.6 Å². The quantitative estimate of drug-likeness (QED) is 0.457. The topological polar surface area (TPSA) is 107 Å². The van der Waals surface area contributed by atoms with Gasteiger partial charge in [0.15, 0.2) is 0 Å². The molecule has 0 aliphatic carbocycles. The van der Waals surface area contributed by atoms with Gasteiger partial charge in [-0.1, -0.05) is 6.07 Å². The highest BCUT2D eigenvalue weighted by atomic mass is 16.5. The fourth-order valence-corrected chi connectivity index (χ4v) is 4.05. The fraction of sp³-hybridized carbons (Fsp3) is 0.280. The predicted octanol–water partition coefficient (Wildman–Crippen LogP) is 2.84. The summed E-state index contributed by atoms with van der Waals surface area (Å²) in [5.41, 5.74) is 3.72. The maximum Gasteiger partial charge on any atom is 0.251 e. The van der Waals surface area contributed by atoms with Gasteiger partial charge >= 0.3 is 0 Å². The number of aliphatic hydroxyl groups excluding tert-OH is 1. The molecule has 3 aromatic heterocycles. The van der Waals surface area contributed by atoms with Gasteiger partial charge in [0, 0.05) is 62.1 Å². The van der Waals surface area contributed by atoms with Crippen LogP contribution in [0.2, 0.25) is 0 Å². The van der Waals surface area contributed by atoms with Gasteiger partial charge in [-0.3, -0.25) is 19.8 Å². The van der Waals surface area contributed by atoms with Gasteiger partial charge in [0.1, 0.15) is 11.9 Å². The summed E-state index contributed by atoms with van der Waals surface area (Å²) in [5, 5.41) is 17.4. The Kier molecular flexibility index (Phi) is 6.20. The average Bonchev–Trinajstić information content (AvgIpc) is 3.40. The van der Waals surface area contributed by atoms with Gasteiger partial charge < -0.3 is 14.7 Å². The van der Waals surface area contributed by atoms with Crippen molar-refractivity contribution in [3.63, 3.8) is 0 Å². The number of rotatable bonds is 6. The number of aromatic nitrogens is 4. The van der Waals surface area contributed by atoms with E-state index >= 15 is 0 Å². The van der Waals surface area contributed by atoms with Gasteiger partial charge in [-0.2, -0.15) is 5.10 Å². The number of carbonyl (C=O) groups excluding carboxylic acids is 1. The summed E-state index contributed by atoms with van der Waals surface area (Å²) in [6.07, 6.45) is 2.51. The zero-order valence-electron chi connectivity index (χ0n) is 18.9. The van der Waals surface area contributed by atoms with E-state index in [2.05, 4.69) is 20.1 Å². The summed E-state index contributed by atoms with van der Waals surface area (Å²) < 4.78 is 5.93. The van der Waals surface area contributed by atoms with Gasteiger partial charge in [-0.05, 0) is 43.3 Å². The van der Waals surface area contributed by atoms with Gasteiger partial charge in [-0.25, -0.2) is 4.98 Å². The largest absolute Gasteiger partial charge is 0.439 e. The van der Waals surface area contributed by atoms with E-state index in [0.29, 0.717) is 24.7 Å². The molecule has 9 nitrogen and oxygen atoms in total. The van der Waals surface area contributed by atoms with Gasteiger partial charge in [0.05, 0.1) is 16.9 Å². The molecule has 1 atom stereocenters. The van der Waals surface area contributed by atoms with E-state index in [-0.39, 0.29) is 5.91 Å². The predicted molar refractivity (Wildman–Crippen MR) is 127 cm³/mol. The Morgan fingerprint density at radius 3 is 2.68 bits per heavy atom. The normalized spacial score (nSPS) is 15.4. The SMILES string of the molecule is CC(O)C(=O)N1CCN(Cc2ccc3cc(Oc4ccc(-c5ccn[nH]5)cn4)ccc3n2)CC1. The molecule has 4 heterocycles.